The Morgan fingerprint density at radius 3 is 2.45 bits per heavy atom. The zero-order valence-electron chi connectivity index (χ0n) is 12.1. The second kappa shape index (κ2) is 6.90. The number of nitrogen functional groups attached to an aromatic ring is 1. The van der Waals surface area contributed by atoms with E-state index in [1.54, 1.807) is 11.3 Å². The summed E-state index contributed by atoms with van der Waals surface area (Å²) in [6, 6.07) is 14.3. The number of halogens is 1. The third kappa shape index (κ3) is 2.72. The number of thiazole rings is 1. The Kier molecular flexibility index (Phi) is 5.16. The van der Waals surface area contributed by atoms with Crippen molar-refractivity contribution in [3.8, 4) is 11.1 Å². The van der Waals surface area contributed by atoms with Crippen molar-refractivity contribution >= 4 is 33.3 Å². The fourth-order valence-corrected chi connectivity index (χ4v) is 3.63. The summed E-state index contributed by atoms with van der Waals surface area (Å²) in [5.74, 6) is 0. The van der Waals surface area contributed by atoms with Crippen LogP contribution in [0.2, 0.25) is 0 Å². The number of hydrogen-bond acceptors (Lipinski definition) is 2. The molecule has 3 aromatic rings. The lowest BCUT2D eigenvalue weighted by Crippen LogP contribution is -3.00. The molecule has 3 rings (SSSR count). The molecule has 0 amide bonds. The van der Waals surface area contributed by atoms with Crippen molar-refractivity contribution in [2.24, 2.45) is 0 Å². The lowest BCUT2D eigenvalue weighted by molar-refractivity contribution is -0.657. The minimum Gasteiger partial charge on any atom is -1.00 e. The third-order valence-electron chi connectivity index (χ3n) is 3.49. The fraction of sp³-hybridized carbons (Fsp3) is 0.0556. The normalized spacial score (nSPS) is 10.2. The molecule has 112 valence electrons. The van der Waals surface area contributed by atoms with Crippen LogP contribution in [0.15, 0.2) is 61.7 Å². The third-order valence-corrected chi connectivity index (χ3v) is 4.63. The van der Waals surface area contributed by atoms with Gasteiger partial charge in [-0.05, 0) is 24.3 Å². The largest absolute Gasteiger partial charge is 1.00 e. The highest BCUT2D eigenvalue weighted by Gasteiger charge is 2.21. The minimum atomic E-state index is 0. The second-order valence-electron chi connectivity index (χ2n) is 4.78. The number of fused-ring (bicyclic) bond motifs is 1. The van der Waals surface area contributed by atoms with Gasteiger partial charge in [0.1, 0.15) is 4.70 Å². The summed E-state index contributed by atoms with van der Waals surface area (Å²) in [5.41, 5.74) is 10.4. The van der Waals surface area contributed by atoms with Gasteiger partial charge in [-0.3, -0.25) is 0 Å². The molecule has 0 fully saturated rings. The molecule has 2 N–H and O–H groups in total. The van der Waals surface area contributed by atoms with Crippen LogP contribution in [0.25, 0.3) is 27.4 Å². The van der Waals surface area contributed by atoms with Crippen molar-refractivity contribution in [2.75, 3.05) is 5.73 Å². The van der Waals surface area contributed by atoms with Gasteiger partial charge in [0.2, 0.25) is 5.52 Å². The van der Waals surface area contributed by atoms with Crippen molar-refractivity contribution < 1.29 is 21.5 Å². The molecule has 0 aliphatic carbocycles. The first kappa shape index (κ1) is 16.5. The van der Waals surface area contributed by atoms with E-state index in [0.29, 0.717) is 0 Å². The van der Waals surface area contributed by atoms with E-state index >= 15 is 0 Å². The molecule has 0 aliphatic heterocycles. The molecule has 0 aliphatic rings. The quantitative estimate of drug-likeness (QED) is 0.417. The summed E-state index contributed by atoms with van der Waals surface area (Å²) in [6.45, 7) is 8.54. The Hall–Kier alpha value is -1.91. The molecule has 0 atom stereocenters. The number of hydrogen-bond donors (Lipinski definition) is 1. The van der Waals surface area contributed by atoms with Crippen molar-refractivity contribution in [2.45, 2.75) is 6.54 Å². The highest BCUT2D eigenvalue weighted by Crippen LogP contribution is 2.33. The van der Waals surface area contributed by atoms with Crippen molar-refractivity contribution in [3.05, 3.63) is 66.7 Å². The molecule has 0 radical (unpaired) electrons. The van der Waals surface area contributed by atoms with E-state index in [1.807, 2.05) is 30.4 Å². The maximum absolute atomic E-state index is 6.16. The van der Waals surface area contributed by atoms with Gasteiger partial charge in [0.15, 0.2) is 6.54 Å². The fourth-order valence-electron chi connectivity index (χ4n) is 2.58. The Morgan fingerprint density at radius 2 is 1.77 bits per heavy atom. The van der Waals surface area contributed by atoms with Crippen LogP contribution in [-0.2, 0) is 6.54 Å². The van der Waals surface area contributed by atoms with Gasteiger partial charge in [-0.1, -0.05) is 48.8 Å². The molecule has 0 bridgehead atoms. The van der Waals surface area contributed by atoms with Crippen LogP contribution in [-0.4, -0.2) is 0 Å². The number of nitrogens with zero attached hydrogens (tertiary/aromatic N) is 1. The summed E-state index contributed by atoms with van der Waals surface area (Å²) in [5, 5.41) is 1.13. The standard InChI is InChI=1S/C18H17N2S.BrH/c1-3-12-20-17(4-2)21-16-11-7-9-14(18(16)20)13-8-5-6-10-15(13)19;/h3-11H,1-2,12,19H2;1H/q+1;/p-1. The lowest BCUT2D eigenvalue weighted by Gasteiger charge is -2.05. The van der Waals surface area contributed by atoms with Gasteiger partial charge in [0.05, 0.1) is 5.56 Å². The summed E-state index contributed by atoms with van der Waals surface area (Å²) in [4.78, 5) is 0. The zero-order valence-corrected chi connectivity index (χ0v) is 14.5. The van der Waals surface area contributed by atoms with E-state index in [-0.39, 0.29) is 17.0 Å². The zero-order chi connectivity index (χ0) is 14.8. The Morgan fingerprint density at radius 1 is 1.05 bits per heavy atom. The minimum absolute atomic E-state index is 0. The molecule has 0 spiro atoms. The lowest BCUT2D eigenvalue weighted by atomic mass is 10.0. The maximum atomic E-state index is 6.16. The monoisotopic (exact) mass is 372 g/mol. The smallest absolute Gasteiger partial charge is 0.262 e. The van der Waals surface area contributed by atoms with Crippen molar-refractivity contribution in [1.29, 1.82) is 0 Å². The molecule has 2 nitrogen and oxygen atoms in total. The van der Waals surface area contributed by atoms with Crippen LogP contribution in [0.3, 0.4) is 0 Å². The van der Waals surface area contributed by atoms with Crippen LogP contribution in [0, 0.1) is 0 Å². The summed E-state index contributed by atoms with van der Waals surface area (Å²) < 4.78 is 3.47. The van der Waals surface area contributed by atoms with Gasteiger partial charge >= 0.3 is 0 Å². The maximum Gasteiger partial charge on any atom is 0.262 e. The number of para-hydroxylation sites is 2. The van der Waals surface area contributed by atoms with Crippen LogP contribution >= 0.6 is 11.3 Å². The Labute approximate surface area is 145 Å². The van der Waals surface area contributed by atoms with Gasteiger partial charge in [0.25, 0.3) is 5.01 Å². The second-order valence-corrected chi connectivity index (χ2v) is 5.85. The summed E-state index contributed by atoms with van der Waals surface area (Å²) in [7, 11) is 0. The van der Waals surface area contributed by atoms with E-state index in [2.05, 4.69) is 42.0 Å². The van der Waals surface area contributed by atoms with E-state index in [4.69, 9.17) is 5.73 Å². The van der Waals surface area contributed by atoms with Crippen LogP contribution in [0.1, 0.15) is 5.01 Å². The first-order valence-electron chi connectivity index (χ1n) is 6.80. The SMILES string of the molecule is C=CC[n+]1c(C=C)sc2cccc(-c3ccccc3N)c21.[Br-]. The van der Waals surface area contributed by atoms with E-state index in [0.717, 1.165) is 28.4 Å². The molecule has 0 saturated carbocycles. The Bertz CT molecular complexity index is 836. The number of benzene rings is 2. The van der Waals surface area contributed by atoms with E-state index in [9.17, 15) is 0 Å². The summed E-state index contributed by atoms with van der Waals surface area (Å²) >= 11 is 1.73. The predicted octanol–water partition coefficient (Wildman–Crippen LogP) is 1.27. The van der Waals surface area contributed by atoms with Gasteiger partial charge < -0.3 is 22.7 Å². The number of rotatable bonds is 4. The number of allylic oxidation sites excluding steroid dienone is 1. The topological polar surface area (TPSA) is 29.9 Å². The first-order chi connectivity index (χ1) is 10.3. The highest BCUT2D eigenvalue weighted by atomic mass is 79.9. The molecule has 0 saturated heterocycles. The Balaban J connectivity index is 0.00000176. The van der Waals surface area contributed by atoms with E-state index in [1.165, 1.54) is 10.2 Å². The molecule has 0 unspecified atom stereocenters. The molecule has 22 heavy (non-hydrogen) atoms. The molecule has 1 aromatic heterocycles. The predicted molar refractivity (Wildman–Crippen MR) is 92.2 cm³/mol. The average molecular weight is 373 g/mol. The molecular formula is C18H17BrN2S. The van der Waals surface area contributed by atoms with E-state index < -0.39 is 0 Å². The number of anilines is 1. The number of aromatic nitrogens is 1. The van der Waals surface area contributed by atoms with Crippen LogP contribution < -0.4 is 27.3 Å². The molecule has 4 heteroatoms. The molecule has 1 heterocycles. The van der Waals surface area contributed by atoms with Crippen molar-refractivity contribution in [1.82, 2.24) is 0 Å². The van der Waals surface area contributed by atoms with Gasteiger partial charge in [-0.25, -0.2) is 0 Å². The number of nitrogens with two attached hydrogens (primary N) is 1. The first-order valence-corrected chi connectivity index (χ1v) is 7.61. The van der Waals surface area contributed by atoms with Crippen LogP contribution in [0.5, 0.6) is 0 Å². The van der Waals surface area contributed by atoms with Gasteiger partial charge in [-0.2, -0.15) is 4.57 Å². The van der Waals surface area contributed by atoms with Crippen molar-refractivity contribution in [3.63, 3.8) is 0 Å². The van der Waals surface area contributed by atoms with Crippen LogP contribution in [0.4, 0.5) is 5.69 Å². The molecule has 2 aromatic carbocycles. The molecular weight excluding hydrogens is 356 g/mol. The average Bonchev–Trinajstić information content (AvgIpc) is 2.86. The van der Waals surface area contributed by atoms with Gasteiger partial charge in [0, 0.05) is 17.3 Å². The van der Waals surface area contributed by atoms with Gasteiger partial charge in [-0.15, -0.1) is 0 Å². The highest BCUT2D eigenvalue weighted by molar-refractivity contribution is 7.18. The summed E-state index contributed by atoms with van der Waals surface area (Å²) in [6.07, 6.45) is 3.80.